The molecule has 106 valence electrons. The van der Waals surface area contributed by atoms with Crippen LogP contribution >= 0.6 is 11.3 Å². The molecule has 2 N–H and O–H groups in total. The zero-order valence-corrected chi connectivity index (χ0v) is 12.4. The average Bonchev–Trinajstić information content (AvgIpc) is 3.14. The van der Waals surface area contributed by atoms with Crippen molar-refractivity contribution in [3.05, 3.63) is 41.4 Å². The van der Waals surface area contributed by atoms with E-state index in [1.807, 2.05) is 6.07 Å². The maximum Gasteiger partial charge on any atom is 0.263 e. The second-order valence-corrected chi connectivity index (χ2v) is 7.32. The summed E-state index contributed by atoms with van der Waals surface area (Å²) in [6.07, 6.45) is 3.99. The Labute approximate surface area is 122 Å². The van der Waals surface area contributed by atoms with E-state index in [0.29, 0.717) is 17.7 Å². The molecular formula is C13H15N3O2S2. The summed E-state index contributed by atoms with van der Waals surface area (Å²) in [7, 11) is -3.56. The van der Waals surface area contributed by atoms with E-state index >= 15 is 0 Å². The number of hydrogen-bond acceptors (Lipinski definition) is 5. The smallest absolute Gasteiger partial charge is 0.263 e. The summed E-state index contributed by atoms with van der Waals surface area (Å²) in [6, 6.07) is 7.59. The lowest BCUT2D eigenvalue weighted by Crippen LogP contribution is -2.16. The molecule has 3 rings (SSSR count). The monoisotopic (exact) mass is 309 g/mol. The molecule has 1 aliphatic rings. The second-order valence-electron chi connectivity index (χ2n) is 4.75. The van der Waals surface area contributed by atoms with Gasteiger partial charge in [0, 0.05) is 24.2 Å². The summed E-state index contributed by atoms with van der Waals surface area (Å²) < 4.78 is 27.0. The number of sulfonamides is 1. The number of rotatable bonds is 6. The molecule has 1 fully saturated rings. The maximum atomic E-state index is 12.2. The molecule has 7 heteroatoms. The lowest BCUT2D eigenvalue weighted by atomic mass is 10.2. The van der Waals surface area contributed by atoms with Crippen LogP contribution in [0.15, 0.2) is 40.7 Å². The van der Waals surface area contributed by atoms with Gasteiger partial charge < -0.3 is 5.32 Å². The predicted octanol–water partition coefficient (Wildman–Crippen LogP) is 2.20. The van der Waals surface area contributed by atoms with Gasteiger partial charge in [-0.2, -0.15) is 0 Å². The van der Waals surface area contributed by atoms with Gasteiger partial charge in [-0.05, 0) is 30.5 Å². The third kappa shape index (κ3) is 3.36. The fourth-order valence-electron chi connectivity index (χ4n) is 1.82. The van der Waals surface area contributed by atoms with Crippen LogP contribution in [0, 0.1) is 0 Å². The van der Waals surface area contributed by atoms with Gasteiger partial charge in [0.25, 0.3) is 10.0 Å². The van der Waals surface area contributed by atoms with Crippen molar-refractivity contribution in [1.82, 2.24) is 10.3 Å². The summed E-state index contributed by atoms with van der Waals surface area (Å²) in [5, 5.41) is 5.48. The van der Waals surface area contributed by atoms with Crippen LogP contribution in [-0.4, -0.2) is 19.4 Å². The third-order valence-electron chi connectivity index (χ3n) is 3.03. The van der Waals surface area contributed by atoms with E-state index in [-0.39, 0.29) is 4.90 Å². The van der Waals surface area contributed by atoms with Gasteiger partial charge in [0.15, 0.2) is 5.13 Å². The molecule has 0 amide bonds. The summed E-state index contributed by atoms with van der Waals surface area (Å²) >= 11 is 1.26. The van der Waals surface area contributed by atoms with Crippen molar-refractivity contribution < 1.29 is 8.42 Å². The Bertz CT molecular complexity index is 679. The van der Waals surface area contributed by atoms with Gasteiger partial charge in [0.05, 0.1) is 4.90 Å². The molecular weight excluding hydrogens is 294 g/mol. The van der Waals surface area contributed by atoms with Crippen molar-refractivity contribution in [2.75, 3.05) is 4.72 Å². The van der Waals surface area contributed by atoms with Gasteiger partial charge in [-0.25, -0.2) is 13.4 Å². The minimum absolute atomic E-state index is 0.266. The summed E-state index contributed by atoms with van der Waals surface area (Å²) in [6.45, 7) is 0.700. The highest BCUT2D eigenvalue weighted by Gasteiger charge is 2.20. The first-order chi connectivity index (χ1) is 9.63. The highest BCUT2D eigenvalue weighted by molar-refractivity contribution is 7.93. The molecule has 1 aromatic carbocycles. The Morgan fingerprint density at radius 3 is 2.90 bits per heavy atom. The lowest BCUT2D eigenvalue weighted by Gasteiger charge is -2.08. The molecule has 1 heterocycles. The van der Waals surface area contributed by atoms with Crippen LogP contribution in [0.5, 0.6) is 0 Å². The quantitative estimate of drug-likeness (QED) is 0.858. The molecule has 0 atom stereocenters. The summed E-state index contributed by atoms with van der Waals surface area (Å²) in [5.41, 5.74) is 0.971. The van der Waals surface area contributed by atoms with Crippen molar-refractivity contribution in [2.24, 2.45) is 0 Å². The highest BCUT2D eigenvalue weighted by Crippen LogP contribution is 2.21. The van der Waals surface area contributed by atoms with Gasteiger partial charge in [0.1, 0.15) is 0 Å². The second kappa shape index (κ2) is 5.51. The van der Waals surface area contributed by atoms with Gasteiger partial charge in [-0.1, -0.05) is 12.1 Å². The Hall–Kier alpha value is -1.44. The lowest BCUT2D eigenvalue weighted by molar-refractivity contribution is 0.600. The minimum Gasteiger partial charge on any atom is -0.310 e. The molecule has 5 nitrogen and oxygen atoms in total. The van der Waals surface area contributed by atoms with E-state index in [1.165, 1.54) is 24.2 Å². The van der Waals surface area contributed by atoms with Crippen molar-refractivity contribution in [3.63, 3.8) is 0 Å². The van der Waals surface area contributed by atoms with Crippen LogP contribution < -0.4 is 10.0 Å². The average molecular weight is 309 g/mol. The first-order valence-electron chi connectivity index (χ1n) is 6.38. The van der Waals surface area contributed by atoms with Crippen LogP contribution in [-0.2, 0) is 16.6 Å². The molecule has 0 aliphatic heterocycles. The number of benzene rings is 1. The van der Waals surface area contributed by atoms with E-state index in [0.717, 1.165) is 5.56 Å². The van der Waals surface area contributed by atoms with Gasteiger partial charge in [-0.3, -0.25) is 4.72 Å². The number of hydrogen-bond donors (Lipinski definition) is 2. The summed E-state index contributed by atoms with van der Waals surface area (Å²) in [4.78, 5) is 4.20. The van der Waals surface area contributed by atoms with Crippen LogP contribution in [0.4, 0.5) is 5.13 Å². The van der Waals surface area contributed by atoms with E-state index in [9.17, 15) is 8.42 Å². The molecule has 0 radical (unpaired) electrons. The van der Waals surface area contributed by atoms with Crippen molar-refractivity contribution in [2.45, 2.75) is 30.3 Å². The summed E-state index contributed by atoms with van der Waals surface area (Å²) in [5.74, 6) is 0. The Kier molecular flexibility index (Phi) is 3.73. The first kappa shape index (κ1) is 13.5. The normalized spacial score (nSPS) is 15.2. The molecule has 1 aliphatic carbocycles. The number of nitrogens with zero attached hydrogens (tertiary/aromatic N) is 1. The number of thiazole rings is 1. The SMILES string of the molecule is O=S(=O)(Nc1nccs1)c1cccc(CNC2CC2)c1. The van der Waals surface area contributed by atoms with Gasteiger partial charge in [0.2, 0.25) is 0 Å². The van der Waals surface area contributed by atoms with E-state index in [4.69, 9.17) is 0 Å². The zero-order valence-electron chi connectivity index (χ0n) is 10.7. The van der Waals surface area contributed by atoms with Crippen LogP contribution in [0.3, 0.4) is 0 Å². The van der Waals surface area contributed by atoms with Crippen LogP contribution in [0.2, 0.25) is 0 Å². The largest absolute Gasteiger partial charge is 0.310 e. The number of anilines is 1. The van der Waals surface area contributed by atoms with Gasteiger partial charge in [-0.15, -0.1) is 11.3 Å². The predicted molar refractivity (Wildman–Crippen MR) is 79.2 cm³/mol. The third-order valence-corrected chi connectivity index (χ3v) is 5.19. The van der Waals surface area contributed by atoms with Crippen molar-refractivity contribution >= 4 is 26.5 Å². The highest BCUT2D eigenvalue weighted by atomic mass is 32.2. The molecule has 0 bridgehead atoms. The fourth-order valence-corrected chi connectivity index (χ4v) is 3.68. The first-order valence-corrected chi connectivity index (χ1v) is 8.74. The van der Waals surface area contributed by atoms with E-state index in [1.54, 1.807) is 29.8 Å². The zero-order chi connectivity index (χ0) is 14.0. The molecule has 2 aromatic rings. The minimum atomic E-state index is -3.56. The van der Waals surface area contributed by atoms with Crippen LogP contribution in [0.25, 0.3) is 0 Å². The Morgan fingerprint density at radius 1 is 1.35 bits per heavy atom. The van der Waals surface area contributed by atoms with Crippen molar-refractivity contribution in [1.29, 1.82) is 0 Å². The molecule has 0 saturated heterocycles. The number of nitrogens with one attached hydrogen (secondary N) is 2. The topological polar surface area (TPSA) is 71.1 Å². The Balaban J connectivity index is 1.75. The van der Waals surface area contributed by atoms with E-state index in [2.05, 4.69) is 15.0 Å². The molecule has 0 spiro atoms. The molecule has 1 aromatic heterocycles. The standard InChI is InChI=1S/C13H15N3O2S2/c17-20(18,16-13-14-6-7-19-13)12-3-1-2-10(8-12)9-15-11-4-5-11/h1-3,6-8,11,15H,4-5,9H2,(H,14,16). The van der Waals surface area contributed by atoms with Crippen LogP contribution in [0.1, 0.15) is 18.4 Å². The Morgan fingerprint density at radius 2 is 2.20 bits per heavy atom. The number of aromatic nitrogens is 1. The van der Waals surface area contributed by atoms with E-state index < -0.39 is 10.0 Å². The van der Waals surface area contributed by atoms with Gasteiger partial charge >= 0.3 is 0 Å². The molecule has 0 unspecified atom stereocenters. The maximum absolute atomic E-state index is 12.2. The fraction of sp³-hybridized carbons (Fsp3) is 0.308. The molecule has 1 saturated carbocycles. The molecule has 20 heavy (non-hydrogen) atoms. The van der Waals surface area contributed by atoms with Crippen molar-refractivity contribution in [3.8, 4) is 0 Å².